The van der Waals surface area contributed by atoms with Gasteiger partial charge in [0.2, 0.25) is 11.5 Å². The van der Waals surface area contributed by atoms with Crippen molar-refractivity contribution in [2.45, 2.75) is 18.9 Å². The number of carbonyl (C=O) groups is 2. The van der Waals surface area contributed by atoms with E-state index in [0.29, 0.717) is 0 Å². The number of aliphatic imine (C=N–C) groups is 1. The molecular weight excluding hydrogens is 296 g/mol. The molecule has 4 N–H and O–H groups in total. The van der Waals surface area contributed by atoms with Gasteiger partial charge in [-0.3, -0.25) is 29.1 Å². The third kappa shape index (κ3) is 3.59. The fourth-order valence-electron chi connectivity index (χ4n) is 1.68. The first-order chi connectivity index (χ1) is 10.2. The van der Waals surface area contributed by atoms with E-state index in [1.54, 1.807) is 0 Å². The third-order valence-corrected chi connectivity index (χ3v) is 3.03. The molecule has 10 nitrogen and oxygen atoms in total. The second-order valence-corrected chi connectivity index (χ2v) is 4.55. The van der Waals surface area contributed by atoms with Crippen LogP contribution in [0.3, 0.4) is 0 Å². The molecule has 0 aliphatic heterocycles. The monoisotopic (exact) mass is 312 g/mol. The molecule has 1 aromatic heterocycles. The molecule has 0 saturated carbocycles. The molecule has 0 aromatic carbocycles. The fraction of sp³-hybridized carbons (Fsp3) is 0.417. The Hall–Kier alpha value is -2.91. The zero-order valence-electron chi connectivity index (χ0n) is 12.0. The molecule has 0 aliphatic carbocycles. The summed E-state index contributed by atoms with van der Waals surface area (Å²) in [4.78, 5) is 37.1. The van der Waals surface area contributed by atoms with Crippen LogP contribution in [-0.4, -0.2) is 48.6 Å². The summed E-state index contributed by atoms with van der Waals surface area (Å²) < 4.78 is 1.98. The number of aliphatic carboxylic acids is 2. The van der Waals surface area contributed by atoms with Gasteiger partial charge in [0.05, 0.1) is 0 Å². The first-order valence-electron chi connectivity index (χ1n) is 6.18. The average Bonchev–Trinajstić information content (AvgIpc) is 2.45. The Morgan fingerprint density at radius 1 is 1.32 bits per heavy atom. The van der Waals surface area contributed by atoms with E-state index in [1.807, 2.05) is 0 Å². The first kappa shape index (κ1) is 17.1. The predicted molar refractivity (Wildman–Crippen MR) is 74.1 cm³/mol. The molecular formula is C12H16N4O6. The van der Waals surface area contributed by atoms with Crippen molar-refractivity contribution in [2.24, 2.45) is 19.1 Å². The molecule has 1 heterocycles. The van der Waals surface area contributed by atoms with Crippen LogP contribution in [0.5, 0.6) is 5.88 Å². The maximum absolute atomic E-state index is 11.9. The highest BCUT2D eigenvalue weighted by molar-refractivity contribution is 5.85. The molecule has 0 fully saturated rings. The number of carboxylic acids is 2. The molecule has 1 aromatic rings. The average molecular weight is 312 g/mol. The molecule has 22 heavy (non-hydrogen) atoms. The van der Waals surface area contributed by atoms with Crippen molar-refractivity contribution in [3.8, 4) is 5.88 Å². The summed E-state index contributed by atoms with van der Waals surface area (Å²) in [6.45, 7) is 0. The van der Waals surface area contributed by atoms with Gasteiger partial charge in [-0.15, -0.1) is 0 Å². The van der Waals surface area contributed by atoms with E-state index in [1.165, 1.54) is 14.1 Å². The van der Waals surface area contributed by atoms with E-state index in [0.717, 1.165) is 15.3 Å². The van der Waals surface area contributed by atoms with E-state index in [9.17, 15) is 19.5 Å². The van der Waals surface area contributed by atoms with Gasteiger partial charge in [0.15, 0.2) is 0 Å². The number of rotatable bonds is 6. The highest BCUT2D eigenvalue weighted by Gasteiger charge is 2.18. The number of nitrogens with one attached hydrogen (secondary N) is 1. The van der Waals surface area contributed by atoms with Gasteiger partial charge >= 0.3 is 11.9 Å². The fourth-order valence-corrected chi connectivity index (χ4v) is 1.68. The van der Waals surface area contributed by atoms with Gasteiger partial charge in [-0.1, -0.05) is 0 Å². The van der Waals surface area contributed by atoms with Crippen LogP contribution in [0.2, 0.25) is 0 Å². The Morgan fingerprint density at radius 3 is 2.41 bits per heavy atom. The van der Waals surface area contributed by atoms with Crippen molar-refractivity contribution < 1.29 is 24.9 Å². The Bertz CT molecular complexity index is 745. The van der Waals surface area contributed by atoms with Crippen molar-refractivity contribution in [3.63, 3.8) is 0 Å². The number of aromatic nitrogens is 2. The smallest absolute Gasteiger partial charge is 0.328 e. The minimum Gasteiger partial charge on any atom is -0.494 e. The van der Waals surface area contributed by atoms with Crippen LogP contribution in [0.15, 0.2) is 9.79 Å². The second-order valence-electron chi connectivity index (χ2n) is 4.55. The van der Waals surface area contributed by atoms with Crippen LogP contribution >= 0.6 is 0 Å². The van der Waals surface area contributed by atoms with Crippen molar-refractivity contribution in [3.05, 3.63) is 21.5 Å². The van der Waals surface area contributed by atoms with Crippen LogP contribution in [0, 0.1) is 5.41 Å². The van der Waals surface area contributed by atoms with Crippen molar-refractivity contribution in [1.82, 2.24) is 9.13 Å². The van der Waals surface area contributed by atoms with Crippen LogP contribution in [-0.2, 0) is 23.7 Å². The molecule has 0 spiro atoms. The Balaban J connectivity index is 3.22. The maximum Gasteiger partial charge on any atom is 0.328 e. The van der Waals surface area contributed by atoms with Gasteiger partial charge in [0, 0.05) is 26.7 Å². The number of aromatic hydroxyl groups is 1. The van der Waals surface area contributed by atoms with Gasteiger partial charge in [-0.25, -0.2) is 4.79 Å². The summed E-state index contributed by atoms with van der Waals surface area (Å²) in [6.07, 6.45) is 0.250. The molecule has 0 unspecified atom stereocenters. The van der Waals surface area contributed by atoms with Crippen LogP contribution in [0.1, 0.15) is 18.4 Å². The summed E-state index contributed by atoms with van der Waals surface area (Å²) in [7, 11) is 2.67. The molecule has 1 atom stereocenters. The summed E-state index contributed by atoms with van der Waals surface area (Å²) in [5.74, 6) is -3.03. The molecule has 0 bridgehead atoms. The lowest BCUT2D eigenvalue weighted by atomic mass is 10.1. The summed E-state index contributed by atoms with van der Waals surface area (Å²) in [5.41, 5.74) is -1.24. The molecule has 0 aliphatic rings. The van der Waals surface area contributed by atoms with Crippen LogP contribution in [0.25, 0.3) is 0 Å². The Kier molecular flexibility index (Phi) is 5.22. The standard InChI is InChI=1S/C12H16N4O6/c1-15-9(19)6(10(20)16(2)12(15)13)5-14-7(11(21)22)3-4-8(17)18/h5,7,13,19H,3-4H2,1-2H3,(H,17,18)(H,21,22)/t7-/m0/s1. The Labute approximate surface area is 124 Å². The lowest BCUT2D eigenvalue weighted by Gasteiger charge is -2.10. The van der Waals surface area contributed by atoms with Gasteiger partial charge in [0.25, 0.3) is 5.56 Å². The van der Waals surface area contributed by atoms with Gasteiger partial charge in [0.1, 0.15) is 11.6 Å². The minimum atomic E-state index is -1.35. The predicted octanol–water partition coefficient (Wildman–Crippen LogP) is -1.35. The number of nitrogens with zero attached hydrogens (tertiary/aromatic N) is 3. The second kappa shape index (κ2) is 6.70. The van der Waals surface area contributed by atoms with E-state index in [4.69, 9.17) is 15.6 Å². The third-order valence-electron chi connectivity index (χ3n) is 3.03. The van der Waals surface area contributed by atoms with Crippen molar-refractivity contribution in [2.75, 3.05) is 0 Å². The summed E-state index contributed by atoms with van der Waals surface area (Å²) >= 11 is 0. The molecule has 0 saturated heterocycles. The molecule has 120 valence electrons. The topological polar surface area (TPSA) is 158 Å². The van der Waals surface area contributed by atoms with Crippen LogP contribution in [0.4, 0.5) is 0 Å². The van der Waals surface area contributed by atoms with Gasteiger partial charge in [-0.05, 0) is 6.42 Å². The molecule has 1 rings (SSSR count). The van der Waals surface area contributed by atoms with Crippen LogP contribution < -0.4 is 11.2 Å². The number of hydrogen-bond donors (Lipinski definition) is 4. The normalized spacial score (nSPS) is 12.5. The largest absolute Gasteiger partial charge is 0.494 e. The lowest BCUT2D eigenvalue weighted by molar-refractivity contribution is -0.139. The van der Waals surface area contributed by atoms with E-state index < -0.39 is 35.8 Å². The zero-order valence-corrected chi connectivity index (χ0v) is 12.0. The number of carboxylic acid groups (broad SMARTS) is 2. The quantitative estimate of drug-likeness (QED) is 0.475. The van der Waals surface area contributed by atoms with Gasteiger partial charge < -0.3 is 15.3 Å². The maximum atomic E-state index is 11.9. The summed E-state index contributed by atoms with van der Waals surface area (Å²) in [6, 6.07) is -1.35. The summed E-state index contributed by atoms with van der Waals surface area (Å²) in [5, 5.41) is 35.0. The lowest BCUT2D eigenvalue weighted by Crippen LogP contribution is -2.39. The SMILES string of the molecule is Cn1c(O)c(C=N[C@@H](CCC(=O)O)C(=O)O)c(=O)n(C)c1=N. The minimum absolute atomic E-state index is 0.245. The molecule has 10 heteroatoms. The first-order valence-corrected chi connectivity index (χ1v) is 6.18. The van der Waals surface area contributed by atoms with Gasteiger partial charge in [-0.2, -0.15) is 0 Å². The highest BCUT2D eigenvalue weighted by Crippen LogP contribution is 2.08. The van der Waals surface area contributed by atoms with Crippen molar-refractivity contribution >= 4 is 18.2 Å². The van der Waals surface area contributed by atoms with Crippen molar-refractivity contribution in [1.29, 1.82) is 5.41 Å². The van der Waals surface area contributed by atoms with E-state index in [2.05, 4.69) is 4.99 Å². The molecule has 0 radical (unpaired) electrons. The van der Waals surface area contributed by atoms with E-state index >= 15 is 0 Å². The number of hydrogen-bond acceptors (Lipinski definition) is 6. The highest BCUT2D eigenvalue weighted by atomic mass is 16.4. The van der Waals surface area contributed by atoms with E-state index in [-0.39, 0.29) is 17.6 Å². The molecule has 0 amide bonds. The Morgan fingerprint density at radius 2 is 1.91 bits per heavy atom. The zero-order chi connectivity index (χ0) is 17.0.